The third-order valence-corrected chi connectivity index (χ3v) is 4.77. The molecule has 2 aromatic heterocycles. The highest BCUT2D eigenvalue weighted by atomic mass is 35.5. The van der Waals surface area contributed by atoms with Crippen LogP contribution < -0.4 is 0 Å². The van der Waals surface area contributed by atoms with Gasteiger partial charge in [-0.3, -0.25) is 0 Å². The number of aryl methyl sites for hydroxylation is 1. The van der Waals surface area contributed by atoms with Gasteiger partial charge in [-0.1, -0.05) is 11.6 Å². The number of aromatic nitrogens is 4. The van der Waals surface area contributed by atoms with E-state index < -0.39 is 0 Å². The highest BCUT2D eigenvalue weighted by Gasteiger charge is 2.43. The molecule has 1 aromatic carbocycles. The van der Waals surface area contributed by atoms with Crippen LogP contribution in [0.2, 0.25) is 5.02 Å². The lowest BCUT2D eigenvalue weighted by atomic mass is 10.0. The molecule has 1 saturated heterocycles. The predicted molar refractivity (Wildman–Crippen MR) is 89.7 cm³/mol. The number of hydrogen-bond donors (Lipinski definition) is 1. The molecule has 6 nitrogen and oxygen atoms in total. The van der Waals surface area contributed by atoms with Gasteiger partial charge in [0.1, 0.15) is 11.3 Å². The standard InChI is InChI=1S/C17H13ClN4O2/c1-8-2-9(18)3-14(23)15(8)12-4-19-13-5-22(21-17(13)20-12)16-10-6-24-7-11(10)16/h2-5,10,23H,6-7H2,1H3/t10-/m0/s1. The minimum absolute atomic E-state index is 0.0897. The molecule has 7 heteroatoms. The molecule has 0 saturated carbocycles. The van der Waals surface area contributed by atoms with Gasteiger partial charge in [0, 0.05) is 10.6 Å². The first-order valence-corrected chi connectivity index (χ1v) is 8.02. The summed E-state index contributed by atoms with van der Waals surface area (Å²) >= 11 is 5.97. The summed E-state index contributed by atoms with van der Waals surface area (Å²) in [6, 6.07) is 3.30. The van der Waals surface area contributed by atoms with Gasteiger partial charge in [0.2, 0.25) is 5.65 Å². The number of halogens is 1. The molecule has 0 bridgehead atoms. The quantitative estimate of drug-likeness (QED) is 0.776. The molecule has 0 amide bonds. The van der Waals surface area contributed by atoms with Crippen molar-refractivity contribution in [2.75, 3.05) is 13.2 Å². The maximum atomic E-state index is 10.2. The van der Waals surface area contributed by atoms with Crippen LogP contribution in [0, 0.1) is 12.8 Å². The van der Waals surface area contributed by atoms with Crippen LogP contribution in [0.25, 0.3) is 28.1 Å². The Morgan fingerprint density at radius 1 is 1.38 bits per heavy atom. The molecule has 0 radical (unpaired) electrons. The number of benzene rings is 1. The molecular formula is C17H13ClN4O2. The Kier molecular flexibility index (Phi) is 2.78. The molecule has 1 N–H and O–H groups in total. The van der Waals surface area contributed by atoms with Crippen molar-refractivity contribution >= 4 is 28.5 Å². The molecule has 0 unspecified atom stereocenters. The van der Waals surface area contributed by atoms with Gasteiger partial charge in [-0.2, -0.15) is 0 Å². The Morgan fingerprint density at radius 2 is 2.25 bits per heavy atom. The molecule has 0 spiro atoms. The molecule has 1 atom stereocenters. The topological polar surface area (TPSA) is 73.1 Å². The van der Waals surface area contributed by atoms with Gasteiger partial charge >= 0.3 is 0 Å². The van der Waals surface area contributed by atoms with Crippen LogP contribution in [0.4, 0.5) is 0 Å². The highest BCUT2D eigenvalue weighted by molar-refractivity contribution is 6.31. The van der Waals surface area contributed by atoms with Crippen LogP contribution >= 0.6 is 11.6 Å². The Morgan fingerprint density at radius 3 is 3.00 bits per heavy atom. The first-order chi connectivity index (χ1) is 11.6. The number of nitrogens with zero attached hydrogens (tertiary/aromatic N) is 4. The maximum absolute atomic E-state index is 10.2. The fourth-order valence-electron chi connectivity index (χ4n) is 3.36. The Bertz CT molecular complexity index is 1020. The van der Waals surface area contributed by atoms with E-state index in [0.717, 1.165) is 17.7 Å². The van der Waals surface area contributed by atoms with Gasteiger partial charge in [-0.15, -0.1) is 5.10 Å². The highest BCUT2D eigenvalue weighted by Crippen LogP contribution is 2.47. The van der Waals surface area contributed by atoms with Gasteiger partial charge in [-0.25, -0.2) is 14.6 Å². The van der Waals surface area contributed by atoms with Crippen LogP contribution in [0.15, 0.2) is 30.1 Å². The molecule has 5 rings (SSSR count). The van der Waals surface area contributed by atoms with E-state index in [1.54, 1.807) is 12.3 Å². The molecule has 24 heavy (non-hydrogen) atoms. The average molecular weight is 341 g/mol. The molecule has 1 aliphatic heterocycles. The number of rotatable bonds is 2. The third kappa shape index (κ3) is 1.96. The minimum Gasteiger partial charge on any atom is -0.507 e. The van der Waals surface area contributed by atoms with Crippen LogP contribution in [0.5, 0.6) is 5.75 Å². The smallest absolute Gasteiger partial charge is 0.200 e. The zero-order chi connectivity index (χ0) is 16.4. The lowest BCUT2D eigenvalue weighted by molar-refractivity contribution is 0.192. The normalized spacial score (nSPS) is 19.2. The van der Waals surface area contributed by atoms with Gasteiger partial charge in [0.25, 0.3) is 0 Å². The second-order valence-electron chi connectivity index (χ2n) is 6.13. The van der Waals surface area contributed by atoms with E-state index in [1.165, 1.54) is 17.3 Å². The van der Waals surface area contributed by atoms with Crippen molar-refractivity contribution in [3.05, 3.63) is 40.7 Å². The maximum Gasteiger partial charge on any atom is 0.200 e. The van der Waals surface area contributed by atoms with Crippen LogP contribution in [0.1, 0.15) is 5.56 Å². The average Bonchev–Trinajstić information content (AvgIpc) is 2.88. The predicted octanol–water partition coefficient (Wildman–Crippen LogP) is 3.03. The van der Waals surface area contributed by atoms with Gasteiger partial charge in [0.15, 0.2) is 0 Å². The summed E-state index contributed by atoms with van der Waals surface area (Å²) in [5, 5.41) is 15.2. The Labute approximate surface area is 142 Å². The summed E-state index contributed by atoms with van der Waals surface area (Å²) in [5.74, 6) is 0.494. The summed E-state index contributed by atoms with van der Waals surface area (Å²) in [7, 11) is 0. The molecule has 1 fully saturated rings. The van der Waals surface area contributed by atoms with Crippen molar-refractivity contribution in [3.63, 3.8) is 0 Å². The Balaban J connectivity index is 1.61. The van der Waals surface area contributed by atoms with E-state index >= 15 is 0 Å². The minimum atomic E-state index is 0.0897. The summed E-state index contributed by atoms with van der Waals surface area (Å²) < 4.78 is 7.23. The lowest BCUT2D eigenvalue weighted by Crippen LogP contribution is -1.98. The van der Waals surface area contributed by atoms with Crippen molar-refractivity contribution in [3.8, 4) is 17.0 Å². The lowest BCUT2D eigenvalue weighted by Gasteiger charge is -2.08. The van der Waals surface area contributed by atoms with Crippen molar-refractivity contribution in [2.24, 2.45) is 5.92 Å². The fourth-order valence-corrected chi connectivity index (χ4v) is 3.62. The second kappa shape index (κ2) is 4.78. The van der Waals surface area contributed by atoms with E-state index in [4.69, 9.17) is 16.3 Å². The largest absolute Gasteiger partial charge is 0.507 e. The van der Waals surface area contributed by atoms with E-state index in [-0.39, 0.29) is 5.75 Å². The summed E-state index contributed by atoms with van der Waals surface area (Å²) in [6.45, 7) is 3.31. The van der Waals surface area contributed by atoms with Crippen LogP contribution in [-0.2, 0) is 4.74 Å². The van der Waals surface area contributed by atoms with E-state index in [9.17, 15) is 5.11 Å². The Hall–Kier alpha value is -2.44. The van der Waals surface area contributed by atoms with Gasteiger partial charge in [-0.05, 0) is 30.2 Å². The number of ether oxygens (including phenoxy) is 1. The van der Waals surface area contributed by atoms with Crippen molar-refractivity contribution < 1.29 is 9.84 Å². The van der Waals surface area contributed by atoms with Crippen LogP contribution in [-0.4, -0.2) is 38.1 Å². The molecule has 120 valence electrons. The second-order valence-corrected chi connectivity index (χ2v) is 6.57. The first-order valence-electron chi connectivity index (χ1n) is 7.65. The zero-order valence-corrected chi connectivity index (χ0v) is 13.6. The van der Waals surface area contributed by atoms with Crippen molar-refractivity contribution in [1.82, 2.24) is 19.7 Å². The summed E-state index contributed by atoms with van der Waals surface area (Å²) in [5.41, 5.74) is 5.84. The fraction of sp³-hybridized carbons (Fsp3) is 0.235. The van der Waals surface area contributed by atoms with E-state index in [2.05, 4.69) is 15.1 Å². The van der Waals surface area contributed by atoms with E-state index in [1.807, 2.05) is 17.8 Å². The third-order valence-electron chi connectivity index (χ3n) is 4.55. The van der Waals surface area contributed by atoms with Gasteiger partial charge < -0.3 is 9.84 Å². The number of phenolic OH excluding ortho intramolecular Hbond substituents is 1. The molecule has 3 aromatic rings. The number of fused-ring (bicyclic) bond motifs is 2. The number of aromatic hydroxyl groups is 1. The first kappa shape index (κ1) is 13.9. The SMILES string of the molecule is Cc1cc(Cl)cc(O)c1-c1cnc2cn(C3=C4COC[C@@H]43)nc2n1. The summed E-state index contributed by atoms with van der Waals surface area (Å²) in [6.07, 6.45) is 3.54. The van der Waals surface area contributed by atoms with Gasteiger partial charge in [0.05, 0.1) is 42.9 Å². The van der Waals surface area contributed by atoms with Crippen molar-refractivity contribution in [1.29, 1.82) is 0 Å². The zero-order valence-electron chi connectivity index (χ0n) is 12.8. The number of hydrogen-bond acceptors (Lipinski definition) is 5. The number of phenols is 1. The van der Waals surface area contributed by atoms with Crippen LogP contribution in [0.3, 0.4) is 0 Å². The monoisotopic (exact) mass is 340 g/mol. The van der Waals surface area contributed by atoms with Crippen molar-refractivity contribution in [2.45, 2.75) is 6.92 Å². The molecular weight excluding hydrogens is 328 g/mol. The molecule has 3 heterocycles. The van der Waals surface area contributed by atoms with E-state index in [0.29, 0.717) is 34.5 Å². The molecule has 2 aliphatic rings. The molecule has 1 aliphatic carbocycles. The summed E-state index contributed by atoms with van der Waals surface area (Å²) in [4.78, 5) is 9.01.